The van der Waals surface area contributed by atoms with Gasteiger partial charge in [0.1, 0.15) is 12.3 Å². The van der Waals surface area contributed by atoms with Crippen LogP contribution in [0.3, 0.4) is 0 Å². The highest BCUT2D eigenvalue weighted by atomic mass is 16.2. The van der Waals surface area contributed by atoms with Gasteiger partial charge < -0.3 is 9.69 Å². The Balaban J connectivity index is 2.47. The van der Waals surface area contributed by atoms with E-state index >= 15 is 0 Å². The molecule has 94 valence electrons. The second-order valence-electron chi connectivity index (χ2n) is 4.59. The van der Waals surface area contributed by atoms with Gasteiger partial charge in [0.15, 0.2) is 5.78 Å². The van der Waals surface area contributed by atoms with Gasteiger partial charge >= 0.3 is 0 Å². The van der Waals surface area contributed by atoms with Crippen molar-refractivity contribution in [2.24, 2.45) is 5.92 Å². The van der Waals surface area contributed by atoms with Crippen molar-refractivity contribution in [2.45, 2.75) is 26.3 Å². The molecule has 1 aliphatic heterocycles. The van der Waals surface area contributed by atoms with E-state index in [1.165, 1.54) is 11.8 Å². The SMILES string of the molecule is CC(=O)N1c2ccccc2C(=O)[C@H]1[C@H](C)CC=O. The number of nitrogens with zero attached hydrogens (tertiary/aromatic N) is 1. The lowest BCUT2D eigenvalue weighted by Gasteiger charge is -2.26. The third kappa shape index (κ3) is 1.83. The first-order chi connectivity index (χ1) is 8.57. The predicted molar refractivity (Wildman–Crippen MR) is 67.6 cm³/mol. The van der Waals surface area contributed by atoms with Gasteiger partial charge in [-0.05, 0) is 18.1 Å². The summed E-state index contributed by atoms with van der Waals surface area (Å²) in [7, 11) is 0. The summed E-state index contributed by atoms with van der Waals surface area (Å²) in [6, 6.07) is 6.52. The molecule has 0 N–H and O–H groups in total. The van der Waals surface area contributed by atoms with Crippen molar-refractivity contribution < 1.29 is 14.4 Å². The van der Waals surface area contributed by atoms with E-state index in [-0.39, 0.29) is 24.0 Å². The van der Waals surface area contributed by atoms with Crippen molar-refractivity contribution in [2.75, 3.05) is 4.90 Å². The zero-order chi connectivity index (χ0) is 13.3. The minimum absolute atomic E-state index is 0.0739. The van der Waals surface area contributed by atoms with E-state index in [1.807, 2.05) is 6.92 Å². The Hall–Kier alpha value is -1.97. The number of Topliss-reactive ketones (excluding diaryl/α,β-unsaturated/α-hetero) is 1. The standard InChI is InChI=1S/C14H15NO3/c1-9(7-8-16)13-14(18)11-5-3-4-6-12(11)15(13)10(2)17/h3-6,8-9,13H,7H2,1-2H3/t9-,13-/m1/s1. The summed E-state index contributed by atoms with van der Waals surface area (Å²) in [6.07, 6.45) is 1.06. The number of anilines is 1. The molecule has 0 bridgehead atoms. The largest absolute Gasteiger partial charge is 0.303 e. The van der Waals surface area contributed by atoms with Crippen LogP contribution in [-0.4, -0.2) is 24.0 Å². The number of amides is 1. The number of hydrogen-bond donors (Lipinski definition) is 0. The summed E-state index contributed by atoms with van der Waals surface area (Å²) in [5.74, 6) is -0.419. The van der Waals surface area contributed by atoms with Crippen molar-refractivity contribution in [1.82, 2.24) is 0 Å². The average Bonchev–Trinajstić information content (AvgIpc) is 2.64. The van der Waals surface area contributed by atoms with Gasteiger partial charge in [0.2, 0.25) is 5.91 Å². The van der Waals surface area contributed by atoms with Gasteiger partial charge in [-0.25, -0.2) is 0 Å². The molecule has 1 aliphatic rings. The molecule has 0 radical (unpaired) electrons. The van der Waals surface area contributed by atoms with Crippen LogP contribution in [0.4, 0.5) is 5.69 Å². The minimum atomic E-state index is -0.551. The van der Waals surface area contributed by atoms with Gasteiger partial charge in [0.25, 0.3) is 0 Å². The molecular formula is C14H15NO3. The normalized spacial score (nSPS) is 19.6. The van der Waals surface area contributed by atoms with Crippen LogP contribution in [0.2, 0.25) is 0 Å². The molecule has 0 spiro atoms. The maximum absolute atomic E-state index is 12.3. The number of para-hydroxylation sites is 1. The quantitative estimate of drug-likeness (QED) is 0.763. The molecule has 2 rings (SSSR count). The van der Waals surface area contributed by atoms with Gasteiger partial charge in [-0.3, -0.25) is 9.59 Å². The highest BCUT2D eigenvalue weighted by molar-refractivity contribution is 6.17. The highest BCUT2D eigenvalue weighted by Gasteiger charge is 2.41. The van der Waals surface area contributed by atoms with Crippen molar-refractivity contribution in [1.29, 1.82) is 0 Å². The van der Waals surface area contributed by atoms with Gasteiger partial charge in [0.05, 0.1) is 5.69 Å². The summed E-state index contributed by atoms with van der Waals surface area (Å²) >= 11 is 0. The number of ketones is 1. The van der Waals surface area contributed by atoms with Crippen molar-refractivity contribution in [3.8, 4) is 0 Å². The van der Waals surface area contributed by atoms with Crippen molar-refractivity contribution in [3.05, 3.63) is 29.8 Å². The Morgan fingerprint density at radius 2 is 2.11 bits per heavy atom. The second-order valence-corrected chi connectivity index (χ2v) is 4.59. The summed E-state index contributed by atoms with van der Waals surface area (Å²) in [4.78, 5) is 36.2. The molecule has 0 aliphatic carbocycles. The van der Waals surface area contributed by atoms with E-state index in [4.69, 9.17) is 0 Å². The molecule has 1 aromatic rings. The smallest absolute Gasteiger partial charge is 0.224 e. The zero-order valence-corrected chi connectivity index (χ0v) is 10.4. The molecule has 18 heavy (non-hydrogen) atoms. The van der Waals surface area contributed by atoms with Crippen molar-refractivity contribution >= 4 is 23.7 Å². The predicted octanol–water partition coefficient (Wildman–Crippen LogP) is 1.83. The summed E-state index contributed by atoms with van der Waals surface area (Å²) < 4.78 is 0. The monoisotopic (exact) mass is 245 g/mol. The first-order valence-electron chi connectivity index (χ1n) is 5.94. The van der Waals surface area contributed by atoms with Gasteiger partial charge in [-0.15, -0.1) is 0 Å². The van der Waals surface area contributed by atoms with Crippen LogP contribution in [0, 0.1) is 5.92 Å². The Kier molecular flexibility index (Phi) is 3.28. The van der Waals surface area contributed by atoms with Crippen LogP contribution in [0.25, 0.3) is 0 Å². The first-order valence-corrected chi connectivity index (χ1v) is 5.94. The lowest BCUT2D eigenvalue weighted by Crippen LogP contribution is -2.43. The Morgan fingerprint density at radius 3 is 2.72 bits per heavy atom. The maximum atomic E-state index is 12.3. The van der Waals surface area contributed by atoms with Crippen LogP contribution in [-0.2, 0) is 9.59 Å². The summed E-state index contributed by atoms with van der Waals surface area (Å²) in [5, 5.41) is 0. The molecule has 0 saturated carbocycles. The van der Waals surface area contributed by atoms with E-state index in [0.29, 0.717) is 11.3 Å². The number of carbonyl (C=O) groups is 3. The minimum Gasteiger partial charge on any atom is -0.303 e. The van der Waals surface area contributed by atoms with Crippen LogP contribution in [0.1, 0.15) is 30.6 Å². The third-order valence-electron chi connectivity index (χ3n) is 3.32. The van der Waals surface area contributed by atoms with Gasteiger partial charge in [-0.1, -0.05) is 19.1 Å². The number of fused-ring (bicyclic) bond motifs is 1. The molecular weight excluding hydrogens is 230 g/mol. The van der Waals surface area contributed by atoms with E-state index in [0.717, 1.165) is 6.29 Å². The number of benzene rings is 1. The number of hydrogen-bond acceptors (Lipinski definition) is 3. The highest BCUT2D eigenvalue weighted by Crippen LogP contribution is 2.35. The number of carbonyl (C=O) groups excluding carboxylic acids is 3. The molecule has 2 atom stereocenters. The molecule has 4 nitrogen and oxygen atoms in total. The van der Waals surface area contributed by atoms with Crippen LogP contribution in [0.5, 0.6) is 0 Å². The average molecular weight is 245 g/mol. The molecule has 0 unspecified atom stereocenters. The van der Waals surface area contributed by atoms with E-state index in [1.54, 1.807) is 24.3 Å². The fourth-order valence-corrected chi connectivity index (χ4v) is 2.48. The fourth-order valence-electron chi connectivity index (χ4n) is 2.48. The number of rotatable bonds is 3. The van der Waals surface area contributed by atoms with Crippen LogP contribution >= 0.6 is 0 Å². The molecule has 0 saturated heterocycles. The molecule has 1 aromatic carbocycles. The van der Waals surface area contributed by atoms with E-state index < -0.39 is 6.04 Å². The summed E-state index contributed by atoms with van der Waals surface area (Å²) in [6.45, 7) is 3.26. The third-order valence-corrected chi connectivity index (χ3v) is 3.32. The van der Waals surface area contributed by atoms with Crippen LogP contribution in [0.15, 0.2) is 24.3 Å². The molecule has 1 amide bonds. The topological polar surface area (TPSA) is 54.5 Å². The fraction of sp³-hybridized carbons (Fsp3) is 0.357. The number of aldehydes is 1. The Bertz CT molecular complexity index is 510. The second kappa shape index (κ2) is 4.72. The Labute approximate surface area is 106 Å². The van der Waals surface area contributed by atoms with E-state index in [9.17, 15) is 14.4 Å². The Morgan fingerprint density at radius 1 is 1.44 bits per heavy atom. The summed E-state index contributed by atoms with van der Waals surface area (Å²) in [5.41, 5.74) is 1.22. The van der Waals surface area contributed by atoms with Gasteiger partial charge in [0, 0.05) is 18.9 Å². The van der Waals surface area contributed by atoms with Crippen LogP contribution < -0.4 is 4.90 Å². The van der Waals surface area contributed by atoms with Gasteiger partial charge in [-0.2, -0.15) is 0 Å². The molecule has 1 heterocycles. The molecule has 0 fully saturated rings. The lowest BCUT2D eigenvalue weighted by atomic mass is 9.94. The van der Waals surface area contributed by atoms with E-state index in [2.05, 4.69) is 0 Å². The zero-order valence-electron chi connectivity index (χ0n) is 10.4. The maximum Gasteiger partial charge on any atom is 0.224 e. The lowest BCUT2D eigenvalue weighted by molar-refractivity contribution is -0.117. The first kappa shape index (κ1) is 12.5. The molecule has 4 heteroatoms. The molecule has 0 aromatic heterocycles. The van der Waals surface area contributed by atoms with Crippen molar-refractivity contribution in [3.63, 3.8) is 0 Å².